The summed E-state index contributed by atoms with van der Waals surface area (Å²) < 4.78 is 12.6. The Morgan fingerprint density at radius 1 is 1.19 bits per heavy atom. The number of hydrogen-bond acceptors (Lipinski definition) is 9. The molecule has 0 bridgehead atoms. The molecule has 2 fully saturated rings. The van der Waals surface area contributed by atoms with Gasteiger partial charge in [0.05, 0.1) is 31.1 Å². The number of unbranched alkanes of at least 4 members (excludes halogenated alkanes) is 1. The molecule has 3 heterocycles. The van der Waals surface area contributed by atoms with Crippen LogP contribution in [0.3, 0.4) is 0 Å². The van der Waals surface area contributed by atoms with E-state index in [4.69, 9.17) is 21.7 Å². The fourth-order valence-electron chi connectivity index (χ4n) is 5.28. The molecule has 2 aliphatic rings. The van der Waals surface area contributed by atoms with E-state index in [0.29, 0.717) is 71.8 Å². The van der Waals surface area contributed by atoms with E-state index in [0.717, 1.165) is 24.2 Å². The number of thioether (sulfide) groups is 1. The minimum absolute atomic E-state index is 0.0659. The molecule has 9 nitrogen and oxygen atoms in total. The molecule has 2 aliphatic heterocycles. The van der Waals surface area contributed by atoms with Crippen molar-refractivity contribution in [1.29, 1.82) is 5.26 Å². The summed E-state index contributed by atoms with van der Waals surface area (Å²) in [6.45, 7) is 7.78. The molecule has 0 radical (unpaired) electrons. The fourth-order valence-corrected chi connectivity index (χ4v) is 6.51. The number of esters is 1. The summed E-state index contributed by atoms with van der Waals surface area (Å²) in [4.78, 5) is 43.7. The van der Waals surface area contributed by atoms with Gasteiger partial charge in [-0.15, -0.1) is 0 Å². The van der Waals surface area contributed by atoms with Gasteiger partial charge in [-0.25, -0.2) is 0 Å². The van der Waals surface area contributed by atoms with Gasteiger partial charge in [-0.1, -0.05) is 49.5 Å². The first-order valence-corrected chi connectivity index (χ1v) is 15.4. The summed E-state index contributed by atoms with van der Waals surface area (Å²) in [5.74, 6) is 0.779. The molecule has 0 atom stereocenters. The Hall–Kier alpha value is -3.62. The van der Waals surface area contributed by atoms with Gasteiger partial charge >= 0.3 is 5.97 Å². The summed E-state index contributed by atoms with van der Waals surface area (Å²) >= 11 is 6.81. The number of rotatable bonds is 10. The number of nitrogens with zero attached hydrogens (tertiary/aromatic N) is 4. The number of piperidine rings is 1. The van der Waals surface area contributed by atoms with E-state index < -0.39 is 0 Å². The number of ether oxygens (including phenoxy) is 2. The van der Waals surface area contributed by atoms with E-state index in [9.17, 15) is 19.6 Å². The molecule has 1 aromatic heterocycles. The number of carbonyl (C=O) groups excluding carboxylic acids is 2. The molecule has 4 rings (SSSR count). The lowest BCUT2D eigenvalue weighted by molar-refractivity contribution is -0.148. The highest BCUT2D eigenvalue weighted by molar-refractivity contribution is 8.26. The normalized spacial score (nSPS) is 16.7. The van der Waals surface area contributed by atoms with Crippen LogP contribution in [0.1, 0.15) is 61.8 Å². The largest absolute Gasteiger partial charge is 0.497 e. The van der Waals surface area contributed by atoms with Gasteiger partial charge in [-0.05, 0) is 62.4 Å². The quantitative estimate of drug-likeness (QED) is 0.209. The second kappa shape index (κ2) is 14.0. The molecule has 2 aromatic rings. The molecule has 0 N–H and O–H groups in total. The number of nitriles is 1. The zero-order valence-corrected chi connectivity index (χ0v) is 26.1. The van der Waals surface area contributed by atoms with Gasteiger partial charge in [0.15, 0.2) is 0 Å². The molecular formula is C31H36N4O5S2. The second-order valence-corrected chi connectivity index (χ2v) is 12.0. The summed E-state index contributed by atoms with van der Waals surface area (Å²) in [7, 11) is 1.60. The Morgan fingerprint density at radius 3 is 2.48 bits per heavy atom. The summed E-state index contributed by atoms with van der Waals surface area (Å²) in [6, 6.07) is 9.57. The number of pyridine rings is 1. The lowest BCUT2D eigenvalue weighted by Crippen LogP contribution is -2.41. The third kappa shape index (κ3) is 6.55. The van der Waals surface area contributed by atoms with Crippen LogP contribution < -0.4 is 15.2 Å². The third-order valence-electron chi connectivity index (χ3n) is 7.64. The predicted octanol–water partition coefficient (Wildman–Crippen LogP) is 5.02. The van der Waals surface area contributed by atoms with Crippen LogP contribution in [0.2, 0.25) is 0 Å². The van der Waals surface area contributed by atoms with Crippen molar-refractivity contribution in [2.45, 2.75) is 59.5 Å². The SMILES string of the molecule is CCCCn1c(N2CCC(C(=O)OCC)CC2)c(C=C2SC(=S)N(Cc3ccc(OC)cc3)C2=O)c(C)c(C#N)c1=O. The van der Waals surface area contributed by atoms with E-state index in [1.54, 1.807) is 36.5 Å². The van der Waals surface area contributed by atoms with Crippen LogP contribution in [0.15, 0.2) is 34.0 Å². The summed E-state index contributed by atoms with van der Waals surface area (Å²) in [6.07, 6.45) is 4.57. The van der Waals surface area contributed by atoms with E-state index in [1.165, 1.54) is 11.8 Å². The third-order valence-corrected chi connectivity index (χ3v) is 9.02. The number of amides is 1. The highest BCUT2D eigenvalue weighted by atomic mass is 32.2. The number of aromatic nitrogens is 1. The molecule has 2 saturated heterocycles. The van der Waals surface area contributed by atoms with Gasteiger partial charge in [0, 0.05) is 25.2 Å². The van der Waals surface area contributed by atoms with Gasteiger partial charge in [0.25, 0.3) is 11.5 Å². The highest BCUT2D eigenvalue weighted by Gasteiger charge is 2.34. The molecule has 1 amide bonds. The Kier molecular flexibility index (Phi) is 10.5. The van der Waals surface area contributed by atoms with Gasteiger partial charge < -0.3 is 14.4 Å². The predicted molar refractivity (Wildman–Crippen MR) is 168 cm³/mol. The fraction of sp³-hybridized carbons (Fsp3) is 0.452. The van der Waals surface area contributed by atoms with Crippen molar-refractivity contribution in [2.75, 3.05) is 31.7 Å². The Labute approximate surface area is 256 Å². The van der Waals surface area contributed by atoms with Crippen molar-refractivity contribution in [2.24, 2.45) is 5.92 Å². The maximum Gasteiger partial charge on any atom is 0.309 e. The number of benzene rings is 1. The molecule has 0 unspecified atom stereocenters. The van der Waals surface area contributed by atoms with Crippen molar-refractivity contribution >= 4 is 52.1 Å². The minimum Gasteiger partial charge on any atom is -0.497 e. The van der Waals surface area contributed by atoms with Crippen LogP contribution in [0, 0.1) is 24.2 Å². The van der Waals surface area contributed by atoms with E-state index in [2.05, 4.69) is 11.0 Å². The molecule has 0 saturated carbocycles. The first-order valence-electron chi connectivity index (χ1n) is 14.2. The molecule has 11 heteroatoms. The van der Waals surface area contributed by atoms with Crippen molar-refractivity contribution in [1.82, 2.24) is 9.47 Å². The topological polar surface area (TPSA) is 105 Å². The van der Waals surface area contributed by atoms with E-state index >= 15 is 0 Å². The number of methoxy groups -OCH3 is 1. The van der Waals surface area contributed by atoms with Gasteiger partial charge in [-0.3, -0.25) is 23.9 Å². The smallest absolute Gasteiger partial charge is 0.309 e. The lowest BCUT2D eigenvalue weighted by Gasteiger charge is -2.35. The standard InChI is InChI=1S/C31H36N4O5S2/c1-5-7-14-34-27(33-15-12-22(13-16-33)30(38)40-6-2)24(20(3)25(18-32)28(34)36)17-26-29(37)35(31(41)42-26)19-21-8-10-23(39-4)11-9-21/h8-11,17,22H,5-7,12-16,19H2,1-4H3. The van der Waals surface area contributed by atoms with E-state index in [-0.39, 0.29) is 28.9 Å². The number of carbonyl (C=O) groups is 2. The first kappa shape index (κ1) is 31.3. The molecule has 0 aliphatic carbocycles. The lowest BCUT2D eigenvalue weighted by atomic mass is 9.95. The minimum atomic E-state index is -0.338. The summed E-state index contributed by atoms with van der Waals surface area (Å²) in [5, 5.41) is 9.96. The summed E-state index contributed by atoms with van der Waals surface area (Å²) in [5.41, 5.74) is 1.82. The van der Waals surface area contributed by atoms with Crippen molar-refractivity contribution in [3.8, 4) is 11.8 Å². The molecular weight excluding hydrogens is 572 g/mol. The Balaban J connectivity index is 1.74. The van der Waals surface area contributed by atoms with Crippen LogP contribution in [0.4, 0.5) is 5.82 Å². The van der Waals surface area contributed by atoms with Crippen molar-refractivity contribution in [3.63, 3.8) is 0 Å². The Morgan fingerprint density at radius 2 is 1.88 bits per heavy atom. The molecule has 1 aromatic carbocycles. The van der Waals surface area contributed by atoms with Gasteiger partial charge in [0.2, 0.25) is 0 Å². The monoisotopic (exact) mass is 608 g/mol. The Bertz CT molecular complexity index is 1480. The average Bonchev–Trinajstić information content (AvgIpc) is 3.26. The van der Waals surface area contributed by atoms with Crippen molar-refractivity contribution < 1.29 is 19.1 Å². The highest BCUT2D eigenvalue weighted by Crippen LogP contribution is 2.37. The van der Waals surface area contributed by atoms with E-state index in [1.807, 2.05) is 31.2 Å². The second-order valence-electron chi connectivity index (χ2n) is 10.3. The van der Waals surface area contributed by atoms with Crippen LogP contribution >= 0.6 is 24.0 Å². The van der Waals surface area contributed by atoms with Crippen molar-refractivity contribution in [3.05, 3.63) is 61.8 Å². The number of thiocarbonyl (C=S) groups is 1. The number of anilines is 1. The maximum atomic E-state index is 13.6. The van der Waals surface area contributed by atoms with Crippen LogP contribution in [-0.2, 0) is 27.4 Å². The van der Waals surface area contributed by atoms with Crippen LogP contribution in [0.5, 0.6) is 5.75 Å². The molecule has 0 spiro atoms. The molecule has 42 heavy (non-hydrogen) atoms. The van der Waals surface area contributed by atoms with Gasteiger partial charge in [-0.2, -0.15) is 5.26 Å². The van der Waals surface area contributed by atoms with Crippen LogP contribution in [-0.4, -0.2) is 52.5 Å². The number of hydrogen-bond donors (Lipinski definition) is 0. The average molecular weight is 609 g/mol. The van der Waals surface area contributed by atoms with Gasteiger partial charge in [0.1, 0.15) is 27.5 Å². The first-order chi connectivity index (χ1) is 20.2. The maximum absolute atomic E-state index is 13.6. The zero-order valence-electron chi connectivity index (χ0n) is 24.5. The molecule has 222 valence electrons. The van der Waals surface area contributed by atoms with Crippen LogP contribution in [0.25, 0.3) is 6.08 Å². The zero-order chi connectivity index (χ0) is 30.4.